The van der Waals surface area contributed by atoms with Gasteiger partial charge in [-0.2, -0.15) is 5.10 Å². The fourth-order valence-corrected chi connectivity index (χ4v) is 4.98. The Bertz CT molecular complexity index is 1530. The fourth-order valence-electron chi connectivity index (χ4n) is 3.30. The van der Waals surface area contributed by atoms with E-state index in [4.69, 9.17) is 44.9 Å². The number of rotatable bonds is 3. The maximum Gasteiger partial charge on any atom is 0.276 e. The molecule has 1 aromatic heterocycles. The van der Waals surface area contributed by atoms with Crippen LogP contribution in [0.1, 0.15) is 5.56 Å². The van der Waals surface area contributed by atoms with Crippen molar-refractivity contribution < 1.29 is 4.79 Å². The molecule has 0 unspecified atom stereocenters. The second-order valence-corrected chi connectivity index (χ2v) is 9.97. The molecule has 1 aliphatic rings. The molecule has 33 heavy (non-hydrogen) atoms. The molecule has 3 aromatic carbocycles. The van der Waals surface area contributed by atoms with E-state index >= 15 is 0 Å². The molecule has 0 saturated heterocycles. The second-order valence-electron chi connectivity index (χ2n) is 7.00. The molecule has 5 rings (SSSR count). The Morgan fingerprint density at radius 2 is 1.76 bits per heavy atom. The van der Waals surface area contributed by atoms with Crippen LogP contribution in [0.15, 0.2) is 80.6 Å². The molecule has 2 heterocycles. The minimum Gasteiger partial charge on any atom is -0.320 e. The van der Waals surface area contributed by atoms with Gasteiger partial charge in [-0.25, -0.2) is 9.67 Å². The maximum absolute atomic E-state index is 12.8. The van der Waals surface area contributed by atoms with E-state index < -0.39 is 0 Å². The van der Waals surface area contributed by atoms with E-state index in [0.717, 1.165) is 10.0 Å². The Labute approximate surface area is 216 Å². The number of hydrogen-bond acceptors (Lipinski definition) is 4. The van der Waals surface area contributed by atoms with Crippen molar-refractivity contribution in [1.82, 2.24) is 4.68 Å². The highest BCUT2D eigenvalue weighted by Crippen LogP contribution is 2.31. The third-order valence-electron chi connectivity index (χ3n) is 4.87. The van der Waals surface area contributed by atoms with Gasteiger partial charge in [0.1, 0.15) is 0 Å². The average molecular weight is 579 g/mol. The zero-order chi connectivity index (χ0) is 23.1. The van der Waals surface area contributed by atoms with Gasteiger partial charge in [0, 0.05) is 21.0 Å². The number of aromatic nitrogens is 1. The van der Waals surface area contributed by atoms with E-state index in [0.29, 0.717) is 42.5 Å². The summed E-state index contributed by atoms with van der Waals surface area (Å²) < 4.78 is 2.46. The van der Waals surface area contributed by atoms with Gasteiger partial charge in [-0.1, -0.05) is 68.9 Å². The third-order valence-corrected chi connectivity index (χ3v) is 7.24. The van der Waals surface area contributed by atoms with E-state index in [-0.39, 0.29) is 11.6 Å². The molecule has 0 aliphatic carbocycles. The first-order chi connectivity index (χ1) is 15.9. The van der Waals surface area contributed by atoms with Crippen molar-refractivity contribution in [1.29, 1.82) is 0 Å². The Balaban J connectivity index is 1.76. The smallest absolute Gasteiger partial charge is 0.276 e. The van der Waals surface area contributed by atoms with Crippen LogP contribution in [-0.2, 0) is 4.79 Å². The quantitative estimate of drug-likeness (QED) is 0.271. The van der Waals surface area contributed by atoms with Gasteiger partial charge in [0.25, 0.3) is 5.91 Å². The number of amides is 1. The summed E-state index contributed by atoms with van der Waals surface area (Å²) in [6.07, 6.45) is 0. The normalized spacial score (nSPS) is 14.6. The van der Waals surface area contributed by atoms with E-state index in [2.05, 4.69) is 21.2 Å². The van der Waals surface area contributed by atoms with Gasteiger partial charge in [0.05, 0.1) is 32.1 Å². The minimum absolute atomic E-state index is 0.270. The monoisotopic (exact) mass is 576 g/mol. The van der Waals surface area contributed by atoms with Crippen LogP contribution in [0.25, 0.3) is 11.3 Å². The van der Waals surface area contributed by atoms with Crippen molar-refractivity contribution in [3.8, 4) is 11.3 Å². The maximum atomic E-state index is 12.8. The van der Waals surface area contributed by atoms with Crippen LogP contribution < -0.4 is 10.1 Å². The van der Waals surface area contributed by atoms with E-state index in [1.807, 2.05) is 47.8 Å². The Kier molecular flexibility index (Phi) is 6.16. The van der Waals surface area contributed by atoms with Crippen molar-refractivity contribution in [3.63, 3.8) is 0 Å². The molecule has 1 N–H and O–H groups in total. The van der Waals surface area contributed by atoms with Gasteiger partial charge in [-0.15, -0.1) is 11.3 Å². The molecule has 0 spiro atoms. The molecule has 0 saturated carbocycles. The zero-order valence-electron chi connectivity index (χ0n) is 16.5. The van der Waals surface area contributed by atoms with Gasteiger partial charge >= 0.3 is 0 Å². The SMILES string of the molecule is O=C1Nc2ccc(Br)cc2/C1=N\n1c(-c2ccc(Cl)c(Cl)c2)csc1=Nc1ccccc1Cl. The Hall–Kier alpha value is -2.42. The highest BCUT2D eigenvalue weighted by atomic mass is 79.9. The number of carbonyl (C=O) groups excluding carboxylic acids is 1. The van der Waals surface area contributed by atoms with Crippen molar-refractivity contribution in [2.24, 2.45) is 10.1 Å². The standard InChI is InChI=1S/C23H12BrCl3N4OS/c24-13-6-8-18-14(10-13)21(22(32)28-18)30-31-20(12-5-7-15(25)17(27)9-12)11-33-23(31)29-19-4-2-1-3-16(19)26/h1-11H,(H,28,30,32). The highest BCUT2D eigenvalue weighted by Gasteiger charge is 2.27. The molecule has 1 amide bonds. The highest BCUT2D eigenvalue weighted by molar-refractivity contribution is 9.10. The van der Waals surface area contributed by atoms with Gasteiger partial charge in [-0.3, -0.25) is 4.79 Å². The number of para-hydroxylation sites is 1. The van der Waals surface area contributed by atoms with Gasteiger partial charge in [0.15, 0.2) is 5.71 Å². The Morgan fingerprint density at radius 1 is 0.939 bits per heavy atom. The number of benzene rings is 3. The molecule has 5 nitrogen and oxygen atoms in total. The van der Waals surface area contributed by atoms with E-state index in [1.165, 1.54) is 11.3 Å². The molecule has 0 radical (unpaired) electrons. The summed E-state index contributed by atoms with van der Waals surface area (Å²) in [5.41, 5.74) is 3.73. The van der Waals surface area contributed by atoms with Crippen LogP contribution in [0.5, 0.6) is 0 Å². The molecule has 164 valence electrons. The zero-order valence-corrected chi connectivity index (χ0v) is 21.2. The minimum atomic E-state index is -0.300. The average Bonchev–Trinajstić information content (AvgIpc) is 3.32. The van der Waals surface area contributed by atoms with Crippen LogP contribution in [0.4, 0.5) is 11.4 Å². The predicted octanol–water partition coefficient (Wildman–Crippen LogP) is 7.38. The summed E-state index contributed by atoms with van der Waals surface area (Å²) in [4.78, 5) is 18.0. The summed E-state index contributed by atoms with van der Waals surface area (Å²) in [6.45, 7) is 0. The first-order valence-electron chi connectivity index (χ1n) is 9.56. The third kappa shape index (κ3) is 4.39. The van der Waals surface area contributed by atoms with E-state index in [1.54, 1.807) is 22.9 Å². The lowest BCUT2D eigenvalue weighted by Gasteiger charge is -2.07. The molecule has 0 fully saturated rings. The molecule has 0 bridgehead atoms. The van der Waals surface area contributed by atoms with Gasteiger partial charge < -0.3 is 5.32 Å². The topological polar surface area (TPSA) is 58.8 Å². The van der Waals surface area contributed by atoms with Crippen molar-refractivity contribution >= 4 is 85.1 Å². The van der Waals surface area contributed by atoms with Crippen LogP contribution in [0.3, 0.4) is 0 Å². The van der Waals surface area contributed by atoms with Crippen LogP contribution in [0.2, 0.25) is 15.1 Å². The second kappa shape index (κ2) is 9.08. The fraction of sp³-hybridized carbons (Fsp3) is 0. The van der Waals surface area contributed by atoms with Crippen molar-refractivity contribution in [2.45, 2.75) is 0 Å². The lowest BCUT2D eigenvalue weighted by Crippen LogP contribution is -2.20. The number of anilines is 1. The van der Waals surface area contributed by atoms with E-state index in [9.17, 15) is 4.79 Å². The molecular formula is C23H12BrCl3N4OS. The first-order valence-corrected chi connectivity index (χ1v) is 12.4. The number of thiazole rings is 1. The van der Waals surface area contributed by atoms with Gasteiger partial charge in [-0.05, 0) is 42.5 Å². The number of hydrogen-bond donors (Lipinski definition) is 1. The number of fused-ring (bicyclic) bond motifs is 1. The number of carbonyl (C=O) groups is 1. The molecule has 4 aromatic rings. The summed E-state index contributed by atoms with van der Waals surface area (Å²) in [7, 11) is 0. The van der Waals surface area contributed by atoms with Crippen LogP contribution in [0, 0.1) is 0 Å². The predicted molar refractivity (Wildman–Crippen MR) is 139 cm³/mol. The molecule has 1 aliphatic heterocycles. The lowest BCUT2D eigenvalue weighted by atomic mass is 10.1. The number of nitrogens with zero attached hydrogens (tertiary/aromatic N) is 3. The number of nitrogens with one attached hydrogen (secondary N) is 1. The van der Waals surface area contributed by atoms with Gasteiger partial charge in [0.2, 0.25) is 4.80 Å². The van der Waals surface area contributed by atoms with Crippen molar-refractivity contribution in [3.05, 3.63) is 95.9 Å². The largest absolute Gasteiger partial charge is 0.320 e. The molecule has 10 heteroatoms. The summed E-state index contributed by atoms with van der Waals surface area (Å²) >= 11 is 23.5. The Morgan fingerprint density at radius 3 is 2.55 bits per heavy atom. The summed E-state index contributed by atoms with van der Waals surface area (Å²) in [5, 5.41) is 10.9. The number of halogens is 4. The summed E-state index contributed by atoms with van der Waals surface area (Å²) in [5.74, 6) is -0.300. The van der Waals surface area contributed by atoms with Crippen LogP contribution in [-0.4, -0.2) is 16.3 Å². The van der Waals surface area contributed by atoms with Crippen LogP contribution >= 0.6 is 62.1 Å². The van der Waals surface area contributed by atoms with Crippen molar-refractivity contribution in [2.75, 3.05) is 5.32 Å². The lowest BCUT2D eigenvalue weighted by molar-refractivity contribution is -0.110. The first kappa shape index (κ1) is 22.4. The molecular weight excluding hydrogens is 567 g/mol. The summed E-state index contributed by atoms with van der Waals surface area (Å²) in [6, 6.07) is 18.1. The molecule has 0 atom stereocenters.